The number of carbonyl (C=O) groups excluding carboxylic acids is 1. The number of nitrogens with one attached hydrogen (secondary N) is 1. The van der Waals surface area contributed by atoms with Crippen LogP contribution in [0.4, 0.5) is 5.69 Å². The number of aryl methyl sites for hydroxylation is 2. The molecule has 0 spiro atoms. The Hall–Kier alpha value is -3.08. The van der Waals surface area contributed by atoms with Crippen molar-refractivity contribution in [2.75, 3.05) is 5.32 Å². The molecule has 0 aliphatic carbocycles. The molecule has 5 heteroatoms. The number of para-hydroxylation sites is 1. The van der Waals surface area contributed by atoms with Crippen molar-refractivity contribution in [3.8, 4) is 5.75 Å². The molecule has 0 aliphatic heterocycles. The van der Waals surface area contributed by atoms with E-state index < -0.39 is 5.63 Å². The lowest BCUT2D eigenvalue weighted by molar-refractivity contribution is 0.102. The quantitative estimate of drug-likeness (QED) is 0.705. The van der Waals surface area contributed by atoms with Gasteiger partial charge in [-0.15, -0.1) is 0 Å². The van der Waals surface area contributed by atoms with Gasteiger partial charge in [0.1, 0.15) is 11.3 Å². The minimum Gasteiger partial charge on any atom is -0.491 e. The highest BCUT2D eigenvalue weighted by Crippen LogP contribution is 2.25. The average molecular weight is 351 g/mol. The number of ether oxygens (including phenoxy) is 1. The normalized spacial score (nSPS) is 11.0. The minimum absolute atomic E-state index is 0.00492. The lowest BCUT2D eigenvalue weighted by Crippen LogP contribution is -2.16. The van der Waals surface area contributed by atoms with Crippen LogP contribution in [0.5, 0.6) is 5.75 Å². The van der Waals surface area contributed by atoms with Crippen molar-refractivity contribution in [3.05, 3.63) is 69.6 Å². The molecule has 3 aromatic rings. The summed E-state index contributed by atoms with van der Waals surface area (Å²) in [5.41, 5.74) is 2.68. The van der Waals surface area contributed by atoms with Gasteiger partial charge in [0.15, 0.2) is 0 Å². The molecule has 1 amide bonds. The van der Waals surface area contributed by atoms with Gasteiger partial charge in [-0.2, -0.15) is 0 Å². The fourth-order valence-electron chi connectivity index (χ4n) is 2.87. The van der Waals surface area contributed by atoms with E-state index in [1.54, 1.807) is 18.2 Å². The Balaban J connectivity index is 2.04. The molecule has 0 unspecified atom stereocenters. The fourth-order valence-corrected chi connectivity index (χ4v) is 2.87. The summed E-state index contributed by atoms with van der Waals surface area (Å²) < 4.78 is 10.9. The first-order chi connectivity index (χ1) is 12.3. The SMILES string of the molecule is Cc1cccc(C)c1NC(=O)c1cc(=O)oc2cc(OC(C)C)ccc12. The average Bonchev–Trinajstić information content (AvgIpc) is 2.56. The first-order valence-electron chi connectivity index (χ1n) is 8.47. The van der Waals surface area contributed by atoms with E-state index in [1.807, 2.05) is 45.9 Å². The summed E-state index contributed by atoms with van der Waals surface area (Å²) in [6, 6.07) is 12.1. The first-order valence-corrected chi connectivity index (χ1v) is 8.47. The smallest absolute Gasteiger partial charge is 0.337 e. The highest BCUT2D eigenvalue weighted by molar-refractivity contribution is 6.12. The zero-order valence-corrected chi connectivity index (χ0v) is 15.3. The second kappa shape index (κ2) is 7.04. The highest BCUT2D eigenvalue weighted by atomic mass is 16.5. The molecule has 1 N–H and O–H groups in total. The number of amides is 1. The Kier molecular flexibility index (Phi) is 4.80. The minimum atomic E-state index is -0.578. The number of fused-ring (bicyclic) bond motifs is 1. The first kappa shape index (κ1) is 17.7. The van der Waals surface area contributed by atoms with E-state index in [1.165, 1.54) is 6.07 Å². The lowest BCUT2D eigenvalue weighted by Gasteiger charge is -2.13. The molecule has 0 aliphatic rings. The van der Waals surface area contributed by atoms with Crippen LogP contribution in [0.3, 0.4) is 0 Å². The van der Waals surface area contributed by atoms with Gasteiger partial charge < -0.3 is 14.5 Å². The van der Waals surface area contributed by atoms with E-state index in [0.717, 1.165) is 16.8 Å². The zero-order valence-electron chi connectivity index (χ0n) is 15.3. The topological polar surface area (TPSA) is 68.5 Å². The molecule has 3 rings (SSSR count). The second-order valence-electron chi connectivity index (χ2n) is 6.52. The van der Waals surface area contributed by atoms with Crippen LogP contribution in [0.1, 0.15) is 35.3 Å². The molecular formula is C21H21NO4. The third-order valence-corrected chi connectivity index (χ3v) is 4.05. The molecule has 0 saturated heterocycles. The van der Waals surface area contributed by atoms with Gasteiger partial charge in [0.25, 0.3) is 5.91 Å². The summed E-state index contributed by atoms with van der Waals surface area (Å²) in [5, 5.41) is 3.47. The standard InChI is InChI=1S/C21H21NO4/c1-12(2)25-15-8-9-16-17(11-19(23)26-18(16)10-15)21(24)22-20-13(3)6-5-7-14(20)4/h5-12H,1-4H3,(H,22,24). The van der Waals surface area contributed by atoms with Crippen molar-refractivity contribution in [3.63, 3.8) is 0 Å². The van der Waals surface area contributed by atoms with Crippen LogP contribution in [-0.4, -0.2) is 12.0 Å². The number of rotatable bonds is 4. The summed E-state index contributed by atoms with van der Waals surface area (Å²) in [5.74, 6) is 0.237. The highest BCUT2D eigenvalue weighted by Gasteiger charge is 2.16. The van der Waals surface area contributed by atoms with Gasteiger partial charge in [-0.05, 0) is 51.0 Å². The second-order valence-corrected chi connectivity index (χ2v) is 6.52. The van der Waals surface area contributed by atoms with Gasteiger partial charge >= 0.3 is 5.63 Å². The van der Waals surface area contributed by atoms with Crippen molar-refractivity contribution in [2.24, 2.45) is 0 Å². The number of hydrogen-bond donors (Lipinski definition) is 1. The van der Waals surface area contributed by atoms with Crippen molar-refractivity contribution < 1.29 is 13.9 Å². The molecule has 0 fully saturated rings. The van der Waals surface area contributed by atoms with E-state index in [2.05, 4.69) is 5.32 Å². The third-order valence-electron chi connectivity index (χ3n) is 4.05. The Morgan fingerprint density at radius 2 is 1.77 bits per heavy atom. The fraction of sp³-hybridized carbons (Fsp3) is 0.238. The number of anilines is 1. The largest absolute Gasteiger partial charge is 0.491 e. The third kappa shape index (κ3) is 3.61. The molecule has 0 saturated carbocycles. The van der Waals surface area contributed by atoms with E-state index >= 15 is 0 Å². The molecule has 0 atom stereocenters. The predicted octanol–water partition coefficient (Wildman–Crippen LogP) is 4.45. The number of carbonyl (C=O) groups is 1. The van der Waals surface area contributed by atoms with Crippen LogP contribution in [0.2, 0.25) is 0 Å². The van der Waals surface area contributed by atoms with Crippen molar-refractivity contribution in [2.45, 2.75) is 33.8 Å². The lowest BCUT2D eigenvalue weighted by atomic mass is 10.1. The Morgan fingerprint density at radius 1 is 1.08 bits per heavy atom. The van der Waals surface area contributed by atoms with Gasteiger partial charge in [0.05, 0.1) is 11.7 Å². The summed E-state index contributed by atoms with van der Waals surface area (Å²) in [4.78, 5) is 24.8. The van der Waals surface area contributed by atoms with Crippen LogP contribution >= 0.6 is 0 Å². The molecule has 2 aromatic carbocycles. The van der Waals surface area contributed by atoms with Crippen LogP contribution in [-0.2, 0) is 0 Å². The maximum absolute atomic E-state index is 12.8. The summed E-state index contributed by atoms with van der Waals surface area (Å²) >= 11 is 0. The molecule has 134 valence electrons. The van der Waals surface area contributed by atoms with Crippen LogP contribution in [0.15, 0.2) is 51.7 Å². The van der Waals surface area contributed by atoms with E-state index in [0.29, 0.717) is 16.7 Å². The molecule has 1 heterocycles. The van der Waals surface area contributed by atoms with Gasteiger partial charge in [-0.3, -0.25) is 4.79 Å². The molecule has 0 radical (unpaired) electrons. The van der Waals surface area contributed by atoms with Crippen molar-refractivity contribution >= 4 is 22.6 Å². The molecule has 0 bridgehead atoms. The number of benzene rings is 2. The summed E-state index contributed by atoms with van der Waals surface area (Å²) in [6.07, 6.45) is -0.00492. The maximum atomic E-state index is 12.8. The van der Waals surface area contributed by atoms with E-state index in [-0.39, 0.29) is 17.6 Å². The Morgan fingerprint density at radius 3 is 2.42 bits per heavy atom. The van der Waals surface area contributed by atoms with Gasteiger partial charge in [-0.1, -0.05) is 18.2 Å². The maximum Gasteiger partial charge on any atom is 0.337 e. The van der Waals surface area contributed by atoms with E-state index in [4.69, 9.17) is 9.15 Å². The molecule has 5 nitrogen and oxygen atoms in total. The molecule has 26 heavy (non-hydrogen) atoms. The summed E-state index contributed by atoms with van der Waals surface area (Å²) in [7, 11) is 0. The van der Waals surface area contributed by atoms with Crippen LogP contribution < -0.4 is 15.7 Å². The predicted molar refractivity (Wildman–Crippen MR) is 102 cm³/mol. The van der Waals surface area contributed by atoms with Gasteiger partial charge in [0, 0.05) is 23.2 Å². The number of hydrogen-bond acceptors (Lipinski definition) is 4. The zero-order chi connectivity index (χ0) is 18.8. The molecular weight excluding hydrogens is 330 g/mol. The van der Waals surface area contributed by atoms with Crippen molar-refractivity contribution in [1.29, 1.82) is 0 Å². The van der Waals surface area contributed by atoms with Crippen LogP contribution in [0, 0.1) is 13.8 Å². The van der Waals surface area contributed by atoms with Gasteiger partial charge in [-0.25, -0.2) is 4.79 Å². The van der Waals surface area contributed by atoms with Crippen LogP contribution in [0.25, 0.3) is 11.0 Å². The summed E-state index contributed by atoms with van der Waals surface area (Å²) in [6.45, 7) is 7.68. The van der Waals surface area contributed by atoms with Crippen molar-refractivity contribution in [1.82, 2.24) is 0 Å². The van der Waals surface area contributed by atoms with E-state index in [9.17, 15) is 9.59 Å². The molecule has 1 aromatic heterocycles. The van der Waals surface area contributed by atoms with Gasteiger partial charge in [0.2, 0.25) is 0 Å². The Labute approximate surface area is 151 Å². The monoisotopic (exact) mass is 351 g/mol. The Bertz CT molecular complexity index is 1010.